The van der Waals surface area contributed by atoms with Crippen LogP contribution in [0.3, 0.4) is 0 Å². The predicted molar refractivity (Wildman–Crippen MR) is 117 cm³/mol. The van der Waals surface area contributed by atoms with Crippen molar-refractivity contribution < 1.29 is 18.7 Å². The fourth-order valence-electron chi connectivity index (χ4n) is 3.59. The Morgan fingerprint density at radius 2 is 2.00 bits per heavy atom. The molecule has 1 aliphatic heterocycles. The Morgan fingerprint density at radius 3 is 2.65 bits per heavy atom. The van der Waals surface area contributed by atoms with Gasteiger partial charge in [-0.1, -0.05) is 23.7 Å². The molecule has 0 radical (unpaired) electrons. The molecule has 7 nitrogen and oxygen atoms in total. The number of anilines is 1. The number of urea groups is 1. The van der Waals surface area contributed by atoms with Crippen LogP contribution in [0.1, 0.15) is 19.4 Å². The molecule has 1 saturated heterocycles. The minimum atomic E-state index is -0.727. The van der Waals surface area contributed by atoms with Gasteiger partial charge in [-0.15, -0.1) is 0 Å². The molecule has 2 aromatic rings. The molecule has 1 fully saturated rings. The molecule has 0 aromatic heterocycles. The second kappa shape index (κ2) is 9.83. The zero-order valence-corrected chi connectivity index (χ0v) is 18.0. The number of nitrogens with one attached hydrogen (secondary N) is 1. The van der Waals surface area contributed by atoms with Crippen molar-refractivity contribution in [1.82, 2.24) is 9.80 Å². The lowest BCUT2D eigenvalue weighted by Gasteiger charge is -2.45. The lowest BCUT2D eigenvalue weighted by atomic mass is 10.0. The molecule has 1 aliphatic rings. The fourth-order valence-corrected chi connectivity index (χ4v) is 3.77. The van der Waals surface area contributed by atoms with Crippen LogP contribution in [-0.4, -0.2) is 47.1 Å². The Kier molecular flexibility index (Phi) is 7.17. The van der Waals surface area contributed by atoms with Crippen LogP contribution in [0.4, 0.5) is 14.9 Å². The number of hydrogen-bond acceptors (Lipinski definition) is 5. The van der Waals surface area contributed by atoms with E-state index in [0.29, 0.717) is 35.2 Å². The number of primary amides is 1. The monoisotopic (exact) mass is 446 g/mol. The largest absolute Gasteiger partial charge is 0.476 e. The van der Waals surface area contributed by atoms with Crippen molar-refractivity contribution in [3.63, 3.8) is 0 Å². The van der Waals surface area contributed by atoms with Gasteiger partial charge in [0.25, 0.3) is 0 Å². The summed E-state index contributed by atoms with van der Waals surface area (Å²) in [7, 11) is 0. The summed E-state index contributed by atoms with van der Waals surface area (Å²) in [6.45, 7) is 5.18. The number of piperazine rings is 1. The number of hydrogen-bond donors (Lipinski definition) is 2. The summed E-state index contributed by atoms with van der Waals surface area (Å²) in [4.78, 5) is 27.0. The van der Waals surface area contributed by atoms with Gasteiger partial charge in [-0.3, -0.25) is 4.90 Å². The van der Waals surface area contributed by atoms with E-state index in [1.807, 2.05) is 23.6 Å². The Hall–Kier alpha value is -3.06. The molecule has 31 heavy (non-hydrogen) atoms. The first-order valence-electron chi connectivity index (χ1n) is 9.77. The number of carbonyl (C=O) groups excluding carboxylic acids is 2. The number of rotatable bonds is 6. The van der Waals surface area contributed by atoms with Gasteiger partial charge in [0.05, 0.1) is 11.7 Å². The van der Waals surface area contributed by atoms with E-state index in [1.54, 1.807) is 30.3 Å². The predicted octanol–water partition coefficient (Wildman–Crippen LogP) is 3.62. The number of halogens is 2. The van der Waals surface area contributed by atoms with Crippen molar-refractivity contribution in [2.45, 2.75) is 32.5 Å². The number of benzene rings is 2. The number of nitrogens with zero attached hydrogens (tertiary/aromatic N) is 2. The van der Waals surface area contributed by atoms with Crippen LogP contribution >= 0.6 is 11.6 Å². The minimum Gasteiger partial charge on any atom is -0.476 e. The topological polar surface area (TPSA) is 87.9 Å². The number of amides is 2. The average Bonchev–Trinajstić information content (AvgIpc) is 2.72. The summed E-state index contributed by atoms with van der Waals surface area (Å²) < 4.78 is 19.1. The van der Waals surface area contributed by atoms with Gasteiger partial charge in [0.15, 0.2) is 0 Å². The molecule has 2 amide bonds. The summed E-state index contributed by atoms with van der Waals surface area (Å²) in [5.74, 6) is 2.18. The van der Waals surface area contributed by atoms with Gasteiger partial charge in [0.1, 0.15) is 29.9 Å². The molecule has 3 rings (SSSR count). The van der Waals surface area contributed by atoms with Crippen LogP contribution in [0, 0.1) is 5.82 Å². The quantitative estimate of drug-likeness (QED) is 0.662. The van der Waals surface area contributed by atoms with Gasteiger partial charge in [0, 0.05) is 24.2 Å². The van der Waals surface area contributed by atoms with Crippen molar-refractivity contribution in [2.75, 3.05) is 18.6 Å². The second-order valence-corrected chi connectivity index (χ2v) is 7.88. The number of nitrogens with two attached hydrogens (primary N) is 1. The van der Waals surface area contributed by atoms with E-state index in [4.69, 9.17) is 22.1 Å². The fraction of sp³-hybridized carbons (Fsp3) is 0.318. The average molecular weight is 447 g/mol. The van der Waals surface area contributed by atoms with Crippen molar-refractivity contribution in [1.29, 1.82) is 0 Å². The third-order valence-electron chi connectivity index (χ3n) is 5.24. The zero-order valence-electron chi connectivity index (χ0n) is 17.3. The summed E-state index contributed by atoms with van der Waals surface area (Å²) in [6.07, 6.45) is 0. The maximum Gasteiger partial charge on any atom is 0.316 e. The Balaban J connectivity index is 1.72. The smallest absolute Gasteiger partial charge is 0.316 e. The molecule has 9 heteroatoms. The summed E-state index contributed by atoms with van der Waals surface area (Å²) >= 11 is 5.99. The van der Waals surface area contributed by atoms with Crippen LogP contribution in [0.15, 0.2) is 48.2 Å². The van der Waals surface area contributed by atoms with Crippen molar-refractivity contribution in [3.05, 3.63) is 64.6 Å². The summed E-state index contributed by atoms with van der Waals surface area (Å²) in [5, 5.41) is 2.92. The van der Waals surface area contributed by atoms with Crippen molar-refractivity contribution >= 4 is 29.3 Å². The van der Waals surface area contributed by atoms with Crippen LogP contribution in [0.2, 0.25) is 5.02 Å². The lowest BCUT2D eigenvalue weighted by molar-refractivity contribution is 0.0288. The van der Waals surface area contributed by atoms with Gasteiger partial charge < -0.3 is 20.7 Å². The summed E-state index contributed by atoms with van der Waals surface area (Å²) in [6, 6.07) is 10.1. The van der Waals surface area contributed by atoms with E-state index in [9.17, 15) is 14.0 Å². The lowest BCUT2D eigenvalue weighted by Crippen LogP contribution is -2.55. The number of ether oxygens (including phenoxy) is 1. The second-order valence-electron chi connectivity index (χ2n) is 7.44. The van der Waals surface area contributed by atoms with Gasteiger partial charge in [-0.25, -0.2) is 14.0 Å². The van der Waals surface area contributed by atoms with E-state index >= 15 is 0 Å². The molecule has 0 saturated carbocycles. The van der Waals surface area contributed by atoms with E-state index in [-0.39, 0.29) is 24.6 Å². The van der Waals surface area contributed by atoms with Gasteiger partial charge in [-0.2, -0.15) is 0 Å². The third-order valence-corrected chi connectivity index (χ3v) is 5.47. The molecule has 1 heterocycles. The van der Waals surface area contributed by atoms with E-state index in [2.05, 4.69) is 11.3 Å². The molecular formula is C22H24ClFN4O3. The third kappa shape index (κ3) is 5.55. The maximum atomic E-state index is 13.2. The highest BCUT2D eigenvalue weighted by Gasteiger charge is 2.34. The first-order chi connectivity index (χ1) is 14.8. The van der Waals surface area contributed by atoms with E-state index in [1.165, 1.54) is 12.1 Å². The molecule has 2 atom stereocenters. The first kappa shape index (κ1) is 22.6. The molecule has 0 spiro atoms. The van der Waals surface area contributed by atoms with Crippen LogP contribution in [-0.2, 0) is 11.3 Å². The SMILES string of the molecule is C[C@@H]1C(=C=O)N(Cc2ccc(F)cc2)[C@@H](C)CN1COc1ccc(Cl)cc1NC(N)=O. The molecule has 0 unspecified atom stereocenters. The minimum absolute atomic E-state index is 0.00487. The van der Waals surface area contributed by atoms with Crippen molar-refractivity contribution in [2.24, 2.45) is 5.73 Å². The molecule has 0 bridgehead atoms. The van der Waals surface area contributed by atoms with Gasteiger partial charge in [0.2, 0.25) is 0 Å². The van der Waals surface area contributed by atoms with Crippen LogP contribution in [0.5, 0.6) is 5.75 Å². The van der Waals surface area contributed by atoms with E-state index in [0.717, 1.165) is 5.56 Å². The molecule has 2 aromatic carbocycles. The normalized spacial score (nSPS) is 19.1. The number of carbonyl (C=O) groups is 1. The summed E-state index contributed by atoms with van der Waals surface area (Å²) in [5.41, 5.74) is 6.98. The highest BCUT2D eigenvalue weighted by Crippen LogP contribution is 2.30. The molecular weight excluding hydrogens is 423 g/mol. The Morgan fingerprint density at radius 1 is 1.29 bits per heavy atom. The molecule has 3 N–H and O–H groups in total. The first-order valence-corrected chi connectivity index (χ1v) is 10.1. The maximum absolute atomic E-state index is 13.2. The standard InChI is InChI=1S/C22H24ClFN4O3/c1-14-10-27(13-31-21-8-5-17(23)9-19(21)26-22(25)30)15(2)20(12-29)28(14)11-16-3-6-18(24)7-4-16/h3-9,14-15H,10-11,13H2,1-2H3,(H3,25,26,30)/t14-,15+/m0/s1. The highest BCUT2D eigenvalue weighted by molar-refractivity contribution is 6.31. The van der Waals surface area contributed by atoms with Crippen LogP contribution < -0.4 is 15.8 Å². The van der Waals surface area contributed by atoms with Crippen LogP contribution in [0.25, 0.3) is 0 Å². The molecule has 164 valence electrons. The van der Waals surface area contributed by atoms with Gasteiger partial charge >= 0.3 is 6.03 Å². The van der Waals surface area contributed by atoms with Gasteiger partial charge in [-0.05, 0) is 49.7 Å². The zero-order chi connectivity index (χ0) is 22.5. The van der Waals surface area contributed by atoms with Crippen molar-refractivity contribution in [3.8, 4) is 5.75 Å². The van der Waals surface area contributed by atoms with E-state index < -0.39 is 6.03 Å². The highest BCUT2D eigenvalue weighted by atomic mass is 35.5. The Labute approximate surface area is 185 Å². The Bertz CT molecular complexity index is 995. The molecule has 0 aliphatic carbocycles.